The van der Waals surface area contributed by atoms with Crippen LogP contribution in [0.15, 0.2) is 60.8 Å². The lowest BCUT2D eigenvalue weighted by Crippen LogP contribution is -2.27. The summed E-state index contributed by atoms with van der Waals surface area (Å²) in [6.45, 7) is 8.41. The number of hydrogen-bond acceptors (Lipinski definition) is 10. The largest absolute Gasteiger partial charge is 0.491 e. The number of nitrogens with one attached hydrogen (secondary N) is 3. The zero-order valence-corrected chi connectivity index (χ0v) is 25.8. The van der Waals surface area contributed by atoms with Crippen molar-refractivity contribution >= 4 is 51.9 Å². The highest BCUT2D eigenvalue weighted by Gasteiger charge is 2.17. The SMILES string of the molecule is CCCCC(=O)OCn1ccc2c(Nc3cccc(NC(=O)OC(C)(C)C)c3)nc(Nc3ccc(OCCOC)cc3)nc21. The summed E-state index contributed by atoms with van der Waals surface area (Å²) >= 11 is 0. The van der Waals surface area contributed by atoms with Gasteiger partial charge in [-0.15, -0.1) is 0 Å². The van der Waals surface area contributed by atoms with Gasteiger partial charge in [-0.2, -0.15) is 9.97 Å². The minimum atomic E-state index is -0.620. The topological polar surface area (TPSA) is 138 Å². The van der Waals surface area contributed by atoms with E-state index in [1.165, 1.54) is 0 Å². The first-order chi connectivity index (χ1) is 21.1. The van der Waals surface area contributed by atoms with Crippen LogP contribution in [0.2, 0.25) is 0 Å². The molecule has 1 amide bonds. The van der Waals surface area contributed by atoms with E-state index in [0.29, 0.717) is 59.6 Å². The van der Waals surface area contributed by atoms with E-state index >= 15 is 0 Å². The monoisotopic (exact) mass is 604 g/mol. The third-order valence-corrected chi connectivity index (χ3v) is 6.16. The van der Waals surface area contributed by atoms with E-state index in [4.69, 9.17) is 28.9 Å². The van der Waals surface area contributed by atoms with Crippen molar-refractivity contribution in [3.63, 3.8) is 0 Å². The summed E-state index contributed by atoms with van der Waals surface area (Å²) in [4.78, 5) is 34.0. The Hall–Kier alpha value is -4.84. The van der Waals surface area contributed by atoms with Crippen molar-refractivity contribution in [3.8, 4) is 5.75 Å². The third-order valence-electron chi connectivity index (χ3n) is 6.16. The van der Waals surface area contributed by atoms with Crippen LogP contribution in [-0.2, 0) is 25.7 Å². The summed E-state index contributed by atoms with van der Waals surface area (Å²) in [5.41, 5.74) is 1.93. The Morgan fingerprint density at radius 2 is 1.70 bits per heavy atom. The van der Waals surface area contributed by atoms with Gasteiger partial charge < -0.3 is 29.6 Å². The smallest absolute Gasteiger partial charge is 0.412 e. The van der Waals surface area contributed by atoms with E-state index in [0.717, 1.165) is 18.5 Å². The standard InChI is InChI=1S/C32H40N6O6/c1-6-7-11-27(39)43-21-38-17-16-26-28(33-23-9-8-10-24(20-23)35-31(40)44-32(2,3)4)36-30(37-29(26)38)34-22-12-14-25(15-13-22)42-19-18-41-5/h8-10,12-17,20H,6-7,11,18-19,21H2,1-5H3,(H,35,40)(H2,33,34,36,37). The average Bonchev–Trinajstić information content (AvgIpc) is 3.38. The first-order valence-electron chi connectivity index (χ1n) is 14.5. The molecule has 2 aromatic carbocycles. The van der Waals surface area contributed by atoms with Crippen LogP contribution in [-0.4, -0.2) is 52.5 Å². The van der Waals surface area contributed by atoms with Gasteiger partial charge in [-0.05, 0) is 75.7 Å². The quantitative estimate of drug-likeness (QED) is 0.102. The van der Waals surface area contributed by atoms with Crippen LogP contribution in [0.1, 0.15) is 47.0 Å². The van der Waals surface area contributed by atoms with E-state index in [1.807, 2.05) is 49.4 Å². The molecule has 2 heterocycles. The van der Waals surface area contributed by atoms with Crippen LogP contribution < -0.4 is 20.7 Å². The number of ether oxygens (including phenoxy) is 4. The van der Waals surface area contributed by atoms with Crippen molar-refractivity contribution in [1.82, 2.24) is 14.5 Å². The molecule has 0 unspecified atom stereocenters. The van der Waals surface area contributed by atoms with Gasteiger partial charge in [0.05, 0.1) is 12.0 Å². The minimum Gasteiger partial charge on any atom is -0.491 e. The molecule has 44 heavy (non-hydrogen) atoms. The molecule has 4 aromatic rings. The van der Waals surface area contributed by atoms with Gasteiger partial charge in [-0.1, -0.05) is 19.4 Å². The molecule has 0 saturated carbocycles. The summed E-state index contributed by atoms with van der Waals surface area (Å²) in [5.74, 6) is 1.29. The Morgan fingerprint density at radius 3 is 2.43 bits per heavy atom. The second-order valence-corrected chi connectivity index (χ2v) is 11.0. The summed E-state index contributed by atoms with van der Waals surface area (Å²) in [6.07, 6.45) is 3.30. The molecule has 0 spiro atoms. The minimum absolute atomic E-state index is 0.0186. The molecule has 4 rings (SSSR count). The highest BCUT2D eigenvalue weighted by Crippen LogP contribution is 2.29. The van der Waals surface area contributed by atoms with Crippen molar-refractivity contribution in [1.29, 1.82) is 0 Å². The lowest BCUT2D eigenvalue weighted by atomic mass is 10.2. The number of fused-ring (bicyclic) bond motifs is 1. The Balaban J connectivity index is 1.59. The van der Waals surface area contributed by atoms with Crippen molar-refractivity contribution in [2.24, 2.45) is 0 Å². The number of unbranched alkanes of at least 4 members (excludes halogenated alkanes) is 1. The van der Waals surface area contributed by atoms with Gasteiger partial charge in [-0.3, -0.25) is 14.7 Å². The number of hydrogen-bond donors (Lipinski definition) is 3. The molecule has 0 fully saturated rings. The number of rotatable bonds is 14. The molecule has 0 saturated heterocycles. The second-order valence-electron chi connectivity index (χ2n) is 11.0. The molecule has 12 nitrogen and oxygen atoms in total. The van der Waals surface area contributed by atoms with Crippen molar-refractivity contribution < 1.29 is 28.5 Å². The number of nitrogens with zero attached hydrogens (tertiary/aromatic N) is 3. The summed E-state index contributed by atoms with van der Waals surface area (Å²) < 4.78 is 23.3. The molecular weight excluding hydrogens is 564 g/mol. The zero-order chi connectivity index (χ0) is 31.5. The maximum Gasteiger partial charge on any atom is 0.412 e. The maximum absolute atomic E-state index is 12.3. The van der Waals surface area contributed by atoms with Gasteiger partial charge in [0.2, 0.25) is 5.95 Å². The third kappa shape index (κ3) is 9.60. The van der Waals surface area contributed by atoms with Crippen LogP contribution in [0.3, 0.4) is 0 Å². The molecule has 0 radical (unpaired) electrons. The Labute approximate surface area is 257 Å². The first kappa shape index (κ1) is 32.1. The lowest BCUT2D eigenvalue weighted by molar-refractivity contribution is -0.147. The van der Waals surface area contributed by atoms with E-state index in [2.05, 4.69) is 16.0 Å². The van der Waals surface area contributed by atoms with Gasteiger partial charge in [0.25, 0.3) is 0 Å². The number of aromatic nitrogens is 3. The van der Waals surface area contributed by atoms with Gasteiger partial charge in [-0.25, -0.2) is 4.79 Å². The van der Waals surface area contributed by atoms with Gasteiger partial charge >= 0.3 is 12.1 Å². The number of carbonyl (C=O) groups is 2. The summed E-state index contributed by atoms with van der Waals surface area (Å²) in [6, 6.07) is 16.5. The van der Waals surface area contributed by atoms with Crippen molar-refractivity contribution in [2.75, 3.05) is 36.3 Å². The van der Waals surface area contributed by atoms with Crippen LogP contribution in [0.5, 0.6) is 5.75 Å². The highest BCUT2D eigenvalue weighted by molar-refractivity contribution is 5.91. The number of benzene rings is 2. The molecule has 234 valence electrons. The Kier molecular flexibility index (Phi) is 11.0. The molecular formula is C32H40N6O6. The first-order valence-corrected chi connectivity index (χ1v) is 14.5. The lowest BCUT2D eigenvalue weighted by Gasteiger charge is -2.19. The molecule has 0 aliphatic carbocycles. The summed E-state index contributed by atoms with van der Waals surface area (Å²) in [5, 5.41) is 10.1. The molecule has 0 bridgehead atoms. The fourth-order valence-electron chi connectivity index (χ4n) is 4.09. The molecule has 0 aliphatic heterocycles. The molecule has 3 N–H and O–H groups in total. The number of anilines is 5. The predicted octanol–water partition coefficient (Wildman–Crippen LogP) is 6.98. The van der Waals surface area contributed by atoms with Gasteiger partial charge in [0, 0.05) is 36.8 Å². The normalized spacial score (nSPS) is 11.2. The van der Waals surface area contributed by atoms with E-state index in [1.54, 1.807) is 50.8 Å². The average molecular weight is 605 g/mol. The van der Waals surface area contributed by atoms with Crippen LogP contribution in [0, 0.1) is 0 Å². The number of carbonyl (C=O) groups excluding carboxylic acids is 2. The Bertz CT molecular complexity index is 1550. The number of esters is 1. The van der Waals surface area contributed by atoms with E-state index < -0.39 is 11.7 Å². The van der Waals surface area contributed by atoms with Gasteiger partial charge in [0.15, 0.2) is 6.73 Å². The zero-order valence-electron chi connectivity index (χ0n) is 25.8. The van der Waals surface area contributed by atoms with Crippen LogP contribution in [0.25, 0.3) is 11.0 Å². The molecule has 12 heteroatoms. The van der Waals surface area contributed by atoms with E-state index in [-0.39, 0.29) is 12.7 Å². The Morgan fingerprint density at radius 1 is 0.932 bits per heavy atom. The van der Waals surface area contributed by atoms with Gasteiger partial charge in [0.1, 0.15) is 29.4 Å². The van der Waals surface area contributed by atoms with Crippen molar-refractivity contribution in [3.05, 3.63) is 60.8 Å². The number of methoxy groups -OCH3 is 1. The predicted molar refractivity (Wildman–Crippen MR) is 170 cm³/mol. The molecule has 2 aromatic heterocycles. The molecule has 0 aliphatic rings. The highest BCUT2D eigenvalue weighted by atomic mass is 16.6. The second kappa shape index (κ2) is 15.1. The molecule has 0 atom stereocenters. The van der Waals surface area contributed by atoms with Crippen LogP contribution >= 0.6 is 0 Å². The summed E-state index contributed by atoms with van der Waals surface area (Å²) in [7, 11) is 1.63. The maximum atomic E-state index is 12.3. The van der Waals surface area contributed by atoms with Crippen molar-refractivity contribution in [2.45, 2.75) is 59.3 Å². The number of amides is 1. The van der Waals surface area contributed by atoms with Crippen LogP contribution in [0.4, 0.5) is 33.6 Å². The fourth-order valence-corrected chi connectivity index (χ4v) is 4.09. The van der Waals surface area contributed by atoms with E-state index in [9.17, 15) is 9.59 Å². The fraction of sp³-hybridized carbons (Fsp3) is 0.375.